The molecule has 0 heterocycles. The Kier molecular flexibility index (Phi) is 7.29. The summed E-state index contributed by atoms with van der Waals surface area (Å²) in [6.45, 7) is 15.3. The fourth-order valence-electron chi connectivity index (χ4n) is 9.63. The third-order valence-electron chi connectivity index (χ3n) is 11.2. The standard InChI is InChI=1S/C29H52S/c1-7-30-23-15-17-28(5)22(19-23)11-12-24-26-14-13-25(21(4)10-8-9-20(2)3)29(26,6)18-16-27(24)28/h20-27H,7-19H2,1-6H3. The second kappa shape index (κ2) is 9.30. The fourth-order valence-corrected chi connectivity index (χ4v) is 10.8. The summed E-state index contributed by atoms with van der Waals surface area (Å²) in [7, 11) is 0. The van der Waals surface area contributed by atoms with E-state index in [1.165, 1.54) is 44.3 Å². The molecule has 30 heavy (non-hydrogen) atoms. The largest absolute Gasteiger partial charge is 0.159 e. The first kappa shape index (κ1) is 23.5. The van der Waals surface area contributed by atoms with Gasteiger partial charge in [0.2, 0.25) is 0 Å². The Bertz CT molecular complexity index is 569. The maximum Gasteiger partial charge on any atom is 0.00499 e. The normalized spacial score (nSPS) is 46.9. The number of hydrogen-bond acceptors (Lipinski definition) is 1. The van der Waals surface area contributed by atoms with Crippen LogP contribution in [0.5, 0.6) is 0 Å². The van der Waals surface area contributed by atoms with Gasteiger partial charge < -0.3 is 0 Å². The van der Waals surface area contributed by atoms with Gasteiger partial charge in [0.1, 0.15) is 0 Å². The molecule has 0 aromatic carbocycles. The second-order valence-electron chi connectivity index (χ2n) is 13.0. The summed E-state index contributed by atoms with van der Waals surface area (Å²) in [6, 6.07) is 0. The summed E-state index contributed by atoms with van der Waals surface area (Å²) in [5, 5.41) is 0.973. The van der Waals surface area contributed by atoms with Gasteiger partial charge in [-0.3, -0.25) is 0 Å². The molecule has 9 atom stereocenters. The molecule has 9 unspecified atom stereocenters. The Hall–Kier alpha value is 0.350. The van der Waals surface area contributed by atoms with Crippen LogP contribution in [0.3, 0.4) is 0 Å². The van der Waals surface area contributed by atoms with Crippen molar-refractivity contribution in [3.05, 3.63) is 0 Å². The molecule has 0 aromatic heterocycles. The van der Waals surface area contributed by atoms with E-state index in [1.54, 1.807) is 38.5 Å². The quantitative estimate of drug-likeness (QED) is 0.386. The van der Waals surface area contributed by atoms with Gasteiger partial charge in [0, 0.05) is 5.25 Å². The molecule has 0 radical (unpaired) electrons. The van der Waals surface area contributed by atoms with E-state index in [0.717, 1.165) is 46.7 Å². The van der Waals surface area contributed by atoms with E-state index < -0.39 is 0 Å². The van der Waals surface area contributed by atoms with Crippen molar-refractivity contribution in [1.82, 2.24) is 0 Å². The van der Waals surface area contributed by atoms with Crippen molar-refractivity contribution in [1.29, 1.82) is 0 Å². The predicted molar refractivity (Wildman–Crippen MR) is 135 cm³/mol. The van der Waals surface area contributed by atoms with E-state index >= 15 is 0 Å². The Morgan fingerprint density at radius 2 is 1.57 bits per heavy atom. The third-order valence-corrected chi connectivity index (χ3v) is 12.5. The van der Waals surface area contributed by atoms with Crippen LogP contribution in [0.15, 0.2) is 0 Å². The Balaban J connectivity index is 1.43. The lowest BCUT2D eigenvalue weighted by molar-refractivity contribution is -0.113. The fraction of sp³-hybridized carbons (Fsp3) is 1.00. The maximum absolute atomic E-state index is 2.76. The first-order valence-corrected chi connectivity index (χ1v) is 15.0. The zero-order valence-electron chi connectivity index (χ0n) is 21.2. The summed E-state index contributed by atoms with van der Waals surface area (Å²) in [6.07, 6.45) is 18.3. The Morgan fingerprint density at radius 1 is 0.833 bits per heavy atom. The summed E-state index contributed by atoms with van der Waals surface area (Å²) < 4.78 is 0. The summed E-state index contributed by atoms with van der Waals surface area (Å²) >= 11 is 2.26. The topological polar surface area (TPSA) is 0 Å². The molecular formula is C29H52S. The molecule has 4 saturated carbocycles. The first-order valence-electron chi connectivity index (χ1n) is 13.9. The minimum absolute atomic E-state index is 0.664. The van der Waals surface area contributed by atoms with Crippen LogP contribution in [-0.2, 0) is 0 Å². The second-order valence-corrected chi connectivity index (χ2v) is 14.6. The number of fused-ring (bicyclic) bond motifs is 5. The van der Waals surface area contributed by atoms with Crippen molar-refractivity contribution in [3.63, 3.8) is 0 Å². The van der Waals surface area contributed by atoms with Gasteiger partial charge in [-0.25, -0.2) is 0 Å². The van der Waals surface area contributed by atoms with Gasteiger partial charge in [-0.15, -0.1) is 0 Å². The molecule has 0 aliphatic heterocycles. The highest BCUT2D eigenvalue weighted by Crippen LogP contribution is 2.68. The van der Waals surface area contributed by atoms with Crippen molar-refractivity contribution >= 4 is 11.8 Å². The molecule has 0 saturated heterocycles. The van der Waals surface area contributed by atoms with E-state index in [0.29, 0.717) is 10.8 Å². The number of rotatable bonds is 7. The van der Waals surface area contributed by atoms with Crippen LogP contribution in [0.1, 0.15) is 119 Å². The SMILES string of the molecule is CCSC1CCC2(C)C(CCC3C2CCC2(C)C(C(C)CCCC(C)C)CCC32)C1. The van der Waals surface area contributed by atoms with Gasteiger partial charge in [-0.05, 0) is 116 Å². The lowest BCUT2D eigenvalue weighted by Gasteiger charge is -2.61. The molecular weight excluding hydrogens is 380 g/mol. The first-order chi connectivity index (χ1) is 14.3. The molecule has 0 bridgehead atoms. The van der Waals surface area contributed by atoms with Gasteiger partial charge in [0.25, 0.3) is 0 Å². The predicted octanol–water partition coefficient (Wildman–Crippen LogP) is 9.23. The van der Waals surface area contributed by atoms with Gasteiger partial charge in [-0.2, -0.15) is 11.8 Å². The van der Waals surface area contributed by atoms with Crippen LogP contribution < -0.4 is 0 Å². The third kappa shape index (κ3) is 4.17. The molecule has 0 aromatic rings. The van der Waals surface area contributed by atoms with Crippen molar-refractivity contribution in [2.24, 2.45) is 52.3 Å². The van der Waals surface area contributed by atoms with Gasteiger partial charge in [0.15, 0.2) is 0 Å². The number of thioether (sulfide) groups is 1. The highest BCUT2D eigenvalue weighted by Gasteiger charge is 2.60. The van der Waals surface area contributed by atoms with Crippen LogP contribution in [0.4, 0.5) is 0 Å². The average Bonchev–Trinajstić information content (AvgIpc) is 3.05. The van der Waals surface area contributed by atoms with Crippen molar-refractivity contribution < 1.29 is 0 Å². The molecule has 0 amide bonds. The zero-order valence-corrected chi connectivity index (χ0v) is 22.0. The molecule has 1 heteroatoms. The van der Waals surface area contributed by atoms with E-state index in [4.69, 9.17) is 0 Å². The van der Waals surface area contributed by atoms with Crippen LogP contribution in [0.2, 0.25) is 0 Å². The molecule has 0 spiro atoms. The number of hydrogen-bond donors (Lipinski definition) is 0. The lowest BCUT2D eigenvalue weighted by Crippen LogP contribution is -2.54. The minimum atomic E-state index is 0.664. The smallest absolute Gasteiger partial charge is 0.00499 e. The molecule has 4 fully saturated rings. The maximum atomic E-state index is 2.76. The van der Waals surface area contributed by atoms with Crippen LogP contribution in [0.25, 0.3) is 0 Å². The van der Waals surface area contributed by atoms with E-state index in [1.807, 2.05) is 0 Å². The Morgan fingerprint density at radius 3 is 2.30 bits per heavy atom. The highest BCUT2D eigenvalue weighted by molar-refractivity contribution is 7.99. The van der Waals surface area contributed by atoms with Crippen LogP contribution >= 0.6 is 11.8 Å². The minimum Gasteiger partial charge on any atom is -0.159 e. The summed E-state index contributed by atoms with van der Waals surface area (Å²) in [4.78, 5) is 0. The van der Waals surface area contributed by atoms with Gasteiger partial charge in [0.05, 0.1) is 0 Å². The average molecular weight is 433 g/mol. The Labute approximate surface area is 193 Å². The van der Waals surface area contributed by atoms with E-state index in [-0.39, 0.29) is 0 Å². The highest BCUT2D eigenvalue weighted by atomic mass is 32.2. The molecule has 174 valence electrons. The molecule has 4 aliphatic carbocycles. The summed E-state index contributed by atoms with van der Waals surface area (Å²) in [5.74, 6) is 8.35. The monoisotopic (exact) mass is 432 g/mol. The molecule has 0 nitrogen and oxygen atoms in total. The van der Waals surface area contributed by atoms with Crippen LogP contribution in [-0.4, -0.2) is 11.0 Å². The molecule has 4 aliphatic rings. The molecule has 4 rings (SSSR count). The lowest BCUT2D eigenvalue weighted by atomic mass is 9.44. The van der Waals surface area contributed by atoms with Gasteiger partial charge in [-0.1, -0.05) is 60.8 Å². The van der Waals surface area contributed by atoms with Crippen molar-refractivity contribution in [3.8, 4) is 0 Å². The van der Waals surface area contributed by atoms with Crippen LogP contribution in [0, 0.1) is 52.3 Å². The van der Waals surface area contributed by atoms with Gasteiger partial charge >= 0.3 is 0 Å². The van der Waals surface area contributed by atoms with Crippen molar-refractivity contribution in [2.75, 3.05) is 5.75 Å². The zero-order chi connectivity index (χ0) is 21.5. The van der Waals surface area contributed by atoms with Crippen molar-refractivity contribution in [2.45, 2.75) is 124 Å². The molecule has 0 N–H and O–H groups in total. The summed E-state index contributed by atoms with van der Waals surface area (Å²) in [5.41, 5.74) is 1.34. The van der Waals surface area contributed by atoms with E-state index in [2.05, 4.69) is 53.3 Å². The van der Waals surface area contributed by atoms with E-state index in [9.17, 15) is 0 Å².